The zero-order valence-electron chi connectivity index (χ0n) is 22.1. The number of oxazole rings is 1. The molecule has 0 aliphatic carbocycles. The Hall–Kier alpha value is -4.87. The number of nitrogens with zero attached hydrogens (tertiary/aromatic N) is 1. The van der Waals surface area contributed by atoms with Crippen LogP contribution in [0.4, 0.5) is 0 Å². The number of benzene rings is 5. The SMILES string of the molecule is CC.CO.c1ccc(-c2nc3ccc4c5cc(-c6ccc7[nH]c8ccccc8c7c6)ccc5[nH]c4c3o2)cc1. The van der Waals surface area contributed by atoms with Gasteiger partial charge in [0, 0.05) is 50.8 Å². The lowest BCUT2D eigenvalue weighted by molar-refractivity contribution is 0.399. The van der Waals surface area contributed by atoms with Crippen LogP contribution < -0.4 is 0 Å². The van der Waals surface area contributed by atoms with Crippen molar-refractivity contribution in [2.24, 2.45) is 0 Å². The minimum Gasteiger partial charge on any atom is -0.434 e. The van der Waals surface area contributed by atoms with E-state index >= 15 is 0 Å². The predicted molar refractivity (Wildman–Crippen MR) is 163 cm³/mol. The molecule has 3 aromatic heterocycles. The third kappa shape index (κ3) is 4.04. The number of hydrogen-bond donors (Lipinski definition) is 3. The molecule has 0 unspecified atom stereocenters. The predicted octanol–water partition coefficient (Wildman–Crippen LogP) is 9.07. The molecule has 3 N–H and O–H groups in total. The summed E-state index contributed by atoms with van der Waals surface area (Å²) < 4.78 is 6.25. The molecule has 5 aromatic carbocycles. The minimum atomic E-state index is 0.638. The first-order valence-electron chi connectivity index (χ1n) is 13.2. The highest BCUT2D eigenvalue weighted by Crippen LogP contribution is 2.36. The molecule has 0 aliphatic rings. The van der Waals surface area contributed by atoms with E-state index in [1.165, 1.54) is 27.3 Å². The Bertz CT molecular complexity index is 2060. The normalized spacial score (nSPS) is 11.1. The summed E-state index contributed by atoms with van der Waals surface area (Å²) >= 11 is 0. The Morgan fingerprint density at radius 3 is 1.92 bits per heavy atom. The van der Waals surface area contributed by atoms with Crippen LogP contribution in [0.2, 0.25) is 0 Å². The second kappa shape index (κ2) is 10.1. The van der Waals surface area contributed by atoms with Crippen molar-refractivity contribution in [1.82, 2.24) is 15.0 Å². The first-order chi connectivity index (χ1) is 19.3. The van der Waals surface area contributed by atoms with E-state index in [9.17, 15) is 0 Å². The summed E-state index contributed by atoms with van der Waals surface area (Å²) in [5.74, 6) is 0.638. The molecule has 0 aliphatic heterocycles. The molecular formula is C34H29N3O2. The van der Waals surface area contributed by atoms with Crippen molar-refractivity contribution in [3.63, 3.8) is 0 Å². The quantitative estimate of drug-likeness (QED) is 0.217. The van der Waals surface area contributed by atoms with Gasteiger partial charge in [0.25, 0.3) is 0 Å². The third-order valence-electron chi connectivity index (χ3n) is 6.99. The molecule has 0 saturated carbocycles. The van der Waals surface area contributed by atoms with Crippen LogP contribution in [0.3, 0.4) is 0 Å². The average molecular weight is 512 g/mol. The third-order valence-corrected chi connectivity index (χ3v) is 6.99. The molecule has 0 amide bonds. The van der Waals surface area contributed by atoms with Crippen molar-refractivity contribution in [2.45, 2.75) is 13.8 Å². The Labute approximate surface area is 225 Å². The van der Waals surface area contributed by atoms with Gasteiger partial charge in [-0.1, -0.05) is 62.4 Å². The van der Waals surface area contributed by atoms with E-state index in [4.69, 9.17) is 14.5 Å². The van der Waals surface area contributed by atoms with Crippen LogP contribution in [0.15, 0.2) is 108 Å². The maximum Gasteiger partial charge on any atom is 0.227 e. The molecule has 0 saturated heterocycles. The average Bonchev–Trinajstić information content (AvgIpc) is 3.72. The molecule has 5 nitrogen and oxygen atoms in total. The number of para-hydroxylation sites is 1. The molecule has 5 heteroatoms. The molecule has 0 atom stereocenters. The largest absolute Gasteiger partial charge is 0.434 e. The fourth-order valence-electron chi connectivity index (χ4n) is 5.26. The van der Waals surface area contributed by atoms with Gasteiger partial charge >= 0.3 is 0 Å². The first kappa shape index (κ1) is 24.5. The van der Waals surface area contributed by atoms with Crippen molar-refractivity contribution in [2.75, 3.05) is 7.11 Å². The van der Waals surface area contributed by atoms with Crippen molar-refractivity contribution < 1.29 is 9.52 Å². The van der Waals surface area contributed by atoms with Gasteiger partial charge in [0.1, 0.15) is 5.52 Å². The van der Waals surface area contributed by atoms with Crippen LogP contribution in [0.1, 0.15) is 13.8 Å². The van der Waals surface area contributed by atoms with Gasteiger partial charge in [0.05, 0.1) is 5.52 Å². The maximum absolute atomic E-state index is 7.00. The summed E-state index contributed by atoms with van der Waals surface area (Å²) in [4.78, 5) is 11.8. The van der Waals surface area contributed by atoms with Crippen molar-refractivity contribution in [3.8, 4) is 22.6 Å². The Kier molecular flexibility index (Phi) is 6.35. The monoisotopic (exact) mass is 511 g/mol. The summed E-state index contributed by atoms with van der Waals surface area (Å²) in [5, 5.41) is 11.8. The summed E-state index contributed by atoms with van der Waals surface area (Å²) in [7, 11) is 1.00. The smallest absolute Gasteiger partial charge is 0.227 e. The number of rotatable bonds is 2. The van der Waals surface area contributed by atoms with E-state index in [2.05, 4.69) is 76.7 Å². The van der Waals surface area contributed by atoms with Crippen LogP contribution in [0.5, 0.6) is 0 Å². The second-order valence-electron chi connectivity index (χ2n) is 9.04. The lowest BCUT2D eigenvalue weighted by atomic mass is 10.0. The maximum atomic E-state index is 7.00. The van der Waals surface area contributed by atoms with Crippen molar-refractivity contribution >= 4 is 54.7 Å². The van der Waals surface area contributed by atoms with E-state index in [0.29, 0.717) is 5.89 Å². The Morgan fingerprint density at radius 2 is 1.18 bits per heavy atom. The van der Waals surface area contributed by atoms with Gasteiger partial charge in [-0.15, -0.1) is 0 Å². The topological polar surface area (TPSA) is 77.8 Å². The first-order valence-corrected chi connectivity index (χ1v) is 13.2. The van der Waals surface area contributed by atoms with Gasteiger partial charge in [0.15, 0.2) is 5.58 Å². The highest BCUT2D eigenvalue weighted by Gasteiger charge is 2.15. The summed E-state index contributed by atoms with van der Waals surface area (Å²) in [6.45, 7) is 4.00. The molecule has 0 bridgehead atoms. The highest BCUT2D eigenvalue weighted by molar-refractivity contribution is 6.16. The van der Waals surface area contributed by atoms with E-state index in [1.54, 1.807) is 0 Å². The van der Waals surface area contributed by atoms with Crippen LogP contribution in [0.25, 0.3) is 77.3 Å². The number of hydrogen-bond acceptors (Lipinski definition) is 3. The molecule has 8 aromatic rings. The molecule has 39 heavy (non-hydrogen) atoms. The van der Waals surface area contributed by atoms with E-state index in [0.717, 1.165) is 51.2 Å². The van der Waals surface area contributed by atoms with Crippen molar-refractivity contribution in [1.29, 1.82) is 0 Å². The number of H-pyrrole nitrogens is 2. The molecule has 8 rings (SSSR count). The van der Waals surface area contributed by atoms with Gasteiger partial charge in [-0.2, -0.15) is 0 Å². The van der Waals surface area contributed by atoms with Crippen LogP contribution >= 0.6 is 0 Å². The molecule has 0 fully saturated rings. The van der Waals surface area contributed by atoms with Crippen LogP contribution in [-0.2, 0) is 0 Å². The number of aromatic amines is 2. The second-order valence-corrected chi connectivity index (χ2v) is 9.04. The number of aromatic nitrogens is 3. The van der Waals surface area contributed by atoms with Crippen molar-refractivity contribution in [3.05, 3.63) is 103 Å². The van der Waals surface area contributed by atoms with Gasteiger partial charge in [-0.25, -0.2) is 4.98 Å². The molecule has 3 heterocycles. The van der Waals surface area contributed by atoms with Gasteiger partial charge in [-0.3, -0.25) is 0 Å². The number of fused-ring (bicyclic) bond motifs is 8. The van der Waals surface area contributed by atoms with Crippen LogP contribution in [0, 0.1) is 0 Å². The highest BCUT2D eigenvalue weighted by atomic mass is 16.3. The van der Waals surface area contributed by atoms with E-state index in [1.807, 2.05) is 50.2 Å². The van der Waals surface area contributed by atoms with Gasteiger partial charge < -0.3 is 19.5 Å². The number of aliphatic hydroxyl groups is 1. The molecule has 0 spiro atoms. The summed E-state index contributed by atoms with van der Waals surface area (Å²) in [6.07, 6.45) is 0. The molecule has 192 valence electrons. The fourth-order valence-corrected chi connectivity index (χ4v) is 5.26. The molecular weight excluding hydrogens is 482 g/mol. The standard InChI is InChI=1S/C31H19N3O.C2H6.CH4O/c1-2-6-18(7-3-1)31-34-28-15-12-22-24-17-20(11-14-27(24)33-29(22)30(28)35-31)19-10-13-26-23(16-19)21-8-4-5-9-25(21)32-26;2*1-2/h1-17,32-33H;1-2H3;2H,1H3. The van der Waals surface area contributed by atoms with Gasteiger partial charge in [-0.05, 0) is 65.7 Å². The summed E-state index contributed by atoms with van der Waals surface area (Å²) in [6, 6.07) is 35.9. The summed E-state index contributed by atoms with van der Waals surface area (Å²) in [5.41, 5.74) is 9.40. The minimum absolute atomic E-state index is 0.638. The van der Waals surface area contributed by atoms with E-state index < -0.39 is 0 Å². The lowest BCUT2D eigenvalue weighted by Gasteiger charge is -2.03. The zero-order chi connectivity index (χ0) is 26.9. The lowest BCUT2D eigenvalue weighted by Crippen LogP contribution is -1.79. The van der Waals surface area contributed by atoms with Crippen LogP contribution in [-0.4, -0.2) is 27.2 Å². The van der Waals surface area contributed by atoms with E-state index in [-0.39, 0.29) is 0 Å². The molecule has 0 radical (unpaired) electrons. The Morgan fingerprint density at radius 1 is 0.564 bits per heavy atom. The zero-order valence-corrected chi connectivity index (χ0v) is 22.1. The Balaban J connectivity index is 0.000000663. The van der Waals surface area contributed by atoms with Gasteiger partial charge in [0.2, 0.25) is 5.89 Å². The fraction of sp³-hybridized carbons (Fsp3) is 0.0882. The number of nitrogens with one attached hydrogen (secondary N) is 2. The number of aliphatic hydroxyl groups excluding tert-OH is 1.